The molecule has 1 aromatic carbocycles. The molecule has 7 nitrogen and oxygen atoms in total. The van der Waals surface area contributed by atoms with Crippen molar-refractivity contribution < 1.29 is 19.6 Å². The van der Waals surface area contributed by atoms with E-state index in [9.17, 15) is 19.7 Å². The quantitative estimate of drug-likeness (QED) is 0.641. The van der Waals surface area contributed by atoms with Gasteiger partial charge in [-0.25, -0.2) is 0 Å². The highest BCUT2D eigenvalue weighted by Gasteiger charge is 2.27. The van der Waals surface area contributed by atoms with E-state index < -0.39 is 28.8 Å². The zero-order valence-corrected chi connectivity index (χ0v) is 13.8. The molecule has 23 heavy (non-hydrogen) atoms. The molecular formula is C16H22N2O5. The number of carbonyl (C=O) groups is 2. The molecule has 7 heteroatoms. The summed E-state index contributed by atoms with van der Waals surface area (Å²) in [7, 11) is 0. The van der Waals surface area contributed by atoms with E-state index in [1.807, 2.05) is 27.7 Å². The normalized spacial score (nSPS) is 11.1. The molecule has 1 rings (SSSR count). The molecule has 0 radical (unpaired) electrons. The van der Waals surface area contributed by atoms with Gasteiger partial charge in [-0.05, 0) is 17.9 Å². The average molecular weight is 322 g/mol. The van der Waals surface area contributed by atoms with Gasteiger partial charge in [-0.2, -0.15) is 0 Å². The largest absolute Gasteiger partial charge is 0.480 e. The number of carboxylic acid groups (broad SMARTS) is 1. The second kappa shape index (κ2) is 7.21. The Balaban J connectivity index is 3.27. The van der Waals surface area contributed by atoms with Gasteiger partial charge in [-0.15, -0.1) is 0 Å². The third kappa shape index (κ3) is 4.77. The van der Waals surface area contributed by atoms with E-state index in [-0.39, 0.29) is 17.8 Å². The maximum Gasteiger partial charge on any atom is 0.323 e. The first-order valence-electron chi connectivity index (χ1n) is 7.38. The summed E-state index contributed by atoms with van der Waals surface area (Å²) in [6.45, 7) is 7.23. The van der Waals surface area contributed by atoms with E-state index in [4.69, 9.17) is 5.11 Å². The summed E-state index contributed by atoms with van der Waals surface area (Å²) in [6, 6.07) is 4.31. The van der Waals surface area contributed by atoms with Crippen LogP contribution in [0, 0.1) is 10.1 Å². The lowest BCUT2D eigenvalue weighted by Crippen LogP contribution is -2.36. The molecule has 0 saturated heterocycles. The van der Waals surface area contributed by atoms with Crippen LogP contribution in [0.5, 0.6) is 0 Å². The second-order valence-corrected chi connectivity index (χ2v) is 6.36. The molecule has 0 unspecified atom stereocenters. The van der Waals surface area contributed by atoms with Gasteiger partial charge in [0.05, 0.1) is 4.92 Å². The highest BCUT2D eigenvalue weighted by Crippen LogP contribution is 2.32. The molecule has 0 aromatic heterocycles. The van der Waals surface area contributed by atoms with Crippen LogP contribution >= 0.6 is 0 Å². The van der Waals surface area contributed by atoms with Crippen LogP contribution in [0.4, 0.5) is 5.69 Å². The van der Waals surface area contributed by atoms with Gasteiger partial charge < -0.3 is 10.0 Å². The first-order valence-corrected chi connectivity index (χ1v) is 7.38. The monoisotopic (exact) mass is 322 g/mol. The van der Waals surface area contributed by atoms with E-state index in [0.29, 0.717) is 12.0 Å². The van der Waals surface area contributed by atoms with Gasteiger partial charge in [0.1, 0.15) is 6.54 Å². The van der Waals surface area contributed by atoms with E-state index >= 15 is 0 Å². The van der Waals surface area contributed by atoms with Crippen molar-refractivity contribution in [2.75, 3.05) is 13.1 Å². The number of carboxylic acids is 1. The standard InChI is InChI=1S/C16H22N2O5/c1-5-8-17(10-14(19)20)15(21)11-6-7-12(16(2,3)4)13(9-11)18(22)23/h6-7,9H,5,8,10H2,1-4H3,(H,19,20). The molecule has 0 spiro atoms. The van der Waals surface area contributed by atoms with Gasteiger partial charge in [-0.3, -0.25) is 19.7 Å². The minimum absolute atomic E-state index is 0.124. The fourth-order valence-corrected chi connectivity index (χ4v) is 2.32. The fourth-order valence-electron chi connectivity index (χ4n) is 2.32. The summed E-state index contributed by atoms with van der Waals surface area (Å²) in [5, 5.41) is 20.2. The number of rotatable bonds is 6. The zero-order valence-electron chi connectivity index (χ0n) is 13.8. The number of hydrogen-bond donors (Lipinski definition) is 1. The first kappa shape index (κ1) is 18.6. The zero-order chi connectivity index (χ0) is 17.8. The highest BCUT2D eigenvalue weighted by molar-refractivity contribution is 5.96. The van der Waals surface area contributed by atoms with Gasteiger partial charge in [0.15, 0.2) is 0 Å². The summed E-state index contributed by atoms with van der Waals surface area (Å²) in [6.07, 6.45) is 0.598. The maximum atomic E-state index is 12.4. The van der Waals surface area contributed by atoms with E-state index in [2.05, 4.69) is 0 Å². The molecule has 0 bridgehead atoms. The number of amides is 1. The summed E-state index contributed by atoms with van der Waals surface area (Å²) >= 11 is 0. The minimum atomic E-state index is -1.12. The van der Waals surface area contributed by atoms with Crippen LogP contribution in [0.3, 0.4) is 0 Å². The van der Waals surface area contributed by atoms with Crippen LogP contribution in [-0.2, 0) is 10.2 Å². The van der Waals surface area contributed by atoms with Gasteiger partial charge >= 0.3 is 5.97 Å². The van der Waals surface area contributed by atoms with Crippen molar-refractivity contribution in [2.24, 2.45) is 0 Å². The predicted octanol–water partition coefficient (Wildman–Crippen LogP) is 2.83. The minimum Gasteiger partial charge on any atom is -0.480 e. The molecule has 1 N–H and O–H groups in total. The Kier molecular flexibility index (Phi) is 5.84. The Hall–Kier alpha value is -2.44. The Morgan fingerprint density at radius 1 is 1.30 bits per heavy atom. The lowest BCUT2D eigenvalue weighted by atomic mass is 9.85. The highest BCUT2D eigenvalue weighted by atomic mass is 16.6. The van der Waals surface area contributed by atoms with Crippen molar-refractivity contribution in [1.29, 1.82) is 0 Å². The third-order valence-corrected chi connectivity index (χ3v) is 3.36. The number of nitro groups is 1. The lowest BCUT2D eigenvalue weighted by Gasteiger charge is -2.22. The van der Waals surface area contributed by atoms with Crippen LogP contribution in [0.25, 0.3) is 0 Å². The van der Waals surface area contributed by atoms with Crippen LogP contribution in [0.15, 0.2) is 18.2 Å². The number of nitrogens with zero attached hydrogens (tertiary/aromatic N) is 2. The first-order chi connectivity index (χ1) is 10.6. The Morgan fingerprint density at radius 2 is 1.91 bits per heavy atom. The van der Waals surface area contributed by atoms with Crippen molar-refractivity contribution in [2.45, 2.75) is 39.5 Å². The van der Waals surface area contributed by atoms with Gasteiger partial charge in [0, 0.05) is 23.7 Å². The fraction of sp³-hybridized carbons (Fsp3) is 0.500. The predicted molar refractivity (Wildman–Crippen MR) is 85.6 cm³/mol. The van der Waals surface area contributed by atoms with E-state index in [1.165, 1.54) is 17.0 Å². The SMILES string of the molecule is CCCN(CC(=O)O)C(=O)c1ccc(C(C)(C)C)c([N+](=O)[O-])c1. The Morgan fingerprint density at radius 3 is 2.35 bits per heavy atom. The molecule has 0 saturated carbocycles. The van der Waals surface area contributed by atoms with Crippen molar-refractivity contribution >= 4 is 17.6 Å². The average Bonchev–Trinajstić information content (AvgIpc) is 2.44. The molecular weight excluding hydrogens is 300 g/mol. The number of hydrogen-bond acceptors (Lipinski definition) is 4. The van der Waals surface area contributed by atoms with Crippen molar-refractivity contribution in [3.8, 4) is 0 Å². The van der Waals surface area contributed by atoms with Crippen LogP contribution in [0.1, 0.15) is 50.0 Å². The maximum absolute atomic E-state index is 12.4. The van der Waals surface area contributed by atoms with Gasteiger partial charge in [-0.1, -0.05) is 33.8 Å². The topological polar surface area (TPSA) is 101 Å². The van der Waals surface area contributed by atoms with Crippen LogP contribution < -0.4 is 0 Å². The van der Waals surface area contributed by atoms with Crippen molar-refractivity contribution in [3.63, 3.8) is 0 Å². The smallest absolute Gasteiger partial charge is 0.323 e. The Bertz CT molecular complexity index is 619. The molecule has 126 valence electrons. The van der Waals surface area contributed by atoms with Crippen molar-refractivity contribution in [3.05, 3.63) is 39.4 Å². The second-order valence-electron chi connectivity index (χ2n) is 6.36. The molecule has 0 aliphatic heterocycles. The molecule has 1 aromatic rings. The summed E-state index contributed by atoms with van der Waals surface area (Å²) in [5.74, 6) is -1.63. The lowest BCUT2D eigenvalue weighted by molar-refractivity contribution is -0.386. The summed E-state index contributed by atoms with van der Waals surface area (Å²) in [4.78, 5) is 35.3. The van der Waals surface area contributed by atoms with E-state index in [1.54, 1.807) is 6.07 Å². The summed E-state index contributed by atoms with van der Waals surface area (Å²) < 4.78 is 0. The number of carbonyl (C=O) groups excluding carboxylic acids is 1. The molecule has 0 aliphatic carbocycles. The molecule has 0 heterocycles. The van der Waals surface area contributed by atoms with Gasteiger partial charge in [0.25, 0.3) is 11.6 Å². The third-order valence-electron chi connectivity index (χ3n) is 3.36. The molecule has 0 atom stereocenters. The summed E-state index contributed by atoms with van der Waals surface area (Å²) in [5.41, 5.74) is 0.0857. The number of aliphatic carboxylic acids is 1. The molecule has 1 amide bonds. The molecule has 0 fully saturated rings. The Labute approximate surface area is 135 Å². The molecule has 0 aliphatic rings. The number of nitro benzene ring substituents is 1. The van der Waals surface area contributed by atoms with E-state index in [0.717, 1.165) is 0 Å². The van der Waals surface area contributed by atoms with Crippen LogP contribution in [0.2, 0.25) is 0 Å². The van der Waals surface area contributed by atoms with Gasteiger partial charge in [0.2, 0.25) is 0 Å². The number of benzene rings is 1. The van der Waals surface area contributed by atoms with Crippen molar-refractivity contribution in [1.82, 2.24) is 4.90 Å². The van der Waals surface area contributed by atoms with Crippen LogP contribution in [-0.4, -0.2) is 39.9 Å².